The molecule has 0 N–H and O–H groups in total. The smallest absolute Gasteiger partial charge is 0.312 e. The fourth-order valence-electron chi connectivity index (χ4n) is 3.55. The van der Waals surface area contributed by atoms with E-state index in [1.165, 1.54) is 12.1 Å². The summed E-state index contributed by atoms with van der Waals surface area (Å²) in [6, 6.07) is 20.1. The molecule has 1 unspecified atom stereocenters. The van der Waals surface area contributed by atoms with Gasteiger partial charge in [0.15, 0.2) is 0 Å². The van der Waals surface area contributed by atoms with Crippen molar-refractivity contribution in [1.29, 1.82) is 0 Å². The Morgan fingerprint density at radius 1 is 0.933 bits per heavy atom. The van der Waals surface area contributed by atoms with E-state index >= 15 is 0 Å². The molecule has 0 aliphatic carbocycles. The van der Waals surface area contributed by atoms with Crippen LogP contribution in [0.1, 0.15) is 22.7 Å². The zero-order chi connectivity index (χ0) is 21.3. The van der Waals surface area contributed by atoms with Gasteiger partial charge in [0.25, 0.3) is 0 Å². The van der Waals surface area contributed by atoms with Gasteiger partial charge in [-0.3, -0.25) is 10.1 Å². The highest BCUT2D eigenvalue weighted by molar-refractivity contribution is 6.12. The number of rotatable bonds is 4. The molecule has 0 radical (unpaired) electrons. The van der Waals surface area contributed by atoms with Crippen LogP contribution in [0.15, 0.2) is 83.9 Å². The van der Waals surface area contributed by atoms with Crippen LogP contribution in [-0.4, -0.2) is 17.3 Å². The molecule has 1 atom stereocenters. The van der Waals surface area contributed by atoms with Crippen LogP contribution in [0.5, 0.6) is 0 Å². The molecule has 0 saturated carbocycles. The highest BCUT2D eigenvalue weighted by atomic mass is 19.4. The molecule has 4 rings (SSSR count). The zero-order valence-corrected chi connectivity index (χ0v) is 15.6. The Bertz CT molecular complexity index is 1100. The Labute approximate surface area is 170 Å². The van der Waals surface area contributed by atoms with E-state index in [0.29, 0.717) is 28.3 Å². The summed E-state index contributed by atoms with van der Waals surface area (Å²) in [5.74, 6) is 0.362. The van der Waals surface area contributed by atoms with Crippen LogP contribution in [0.25, 0.3) is 0 Å². The van der Waals surface area contributed by atoms with Crippen LogP contribution in [0.3, 0.4) is 0 Å². The lowest BCUT2D eigenvalue weighted by Crippen LogP contribution is -2.41. The topological polar surface area (TPSA) is 58.7 Å². The molecule has 1 aliphatic heterocycles. The minimum atomic E-state index is -4.45. The van der Waals surface area contributed by atoms with Crippen LogP contribution in [-0.2, 0) is 6.18 Å². The van der Waals surface area contributed by atoms with Crippen molar-refractivity contribution in [1.82, 2.24) is 0 Å². The van der Waals surface area contributed by atoms with E-state index in [2.05, 4.69) is 4.99 Å². The number of benzene rings is 3. The molecule has 0 saturated heterocycles. The number of nitro groups is 1. The van der Waals surface area contributed by atoms with Gasteiger partial charge < -0.3 is 4.90 Å². The monoisotopic (exact) mass is 411 g/mol. The second-order valence-electron chi connectivity index (χ2n) is 6.81. The fourth-order valence-corrected chi connectivity index (χ4v) is 3.55. The Balaban J connectivity index is 1.89. The Hall–Kier alpha value is -3.68. The van der Waals surface area contributed by atoms with E-state index in [9.17, 15) is 23.3 Å². The SMILES string of the molecule is O=[N+]([O-])CC1c2ccccc2N=C(c2ccc(C(F)(F)F)cc2)N1c1ccccc1. The number of nitrogens with zero attached hydrogens (tertiary/aromatic N) is 3. The predicted molar refractivity (Wildman–Crippen MR) is 108 cm³/mol. The molecular formula is C22H16F3N3O2. The van der Waals surface area contributed by atoms with Gasteiger partial charge in [-0.05, 0) is 30.3 Å². The van der Waals surface area contributed by atoms with E-state index in [0.717, 1.165) is 12.1 Å². The van der Waals surface area contributed by atoms with Gasteiger partial charge in [-0.1, -0.05) is 48.5 Å². The number of hydrogen-bond donors (Lipinski definition) is 0. The first-order valence-corrected chi connectivity index (χ1v) is 9.16. The molecule has 0 fully saturated rings. The number of halogens is 3. The van der Waals surface area contributed by atoms with Gasteiger partial charge in [-0.25, -0.2) is 4.99 Å². The lowest BCUT2D eigenvalue weighted by atomic mass is 9.97. The summed E-state index contributed by atoms with van der Waals surface area (Å²) >= 11 is 0. The number of fused-ring (bicyclic) bond motifs is 1. The first kappa shape index (κ1) is 19.6. The first-order chi connectivity index (χ1) is 14.3. The van der Waals surface area contributed by atoms with Crippen LogP contribution in [0, 0.1) is 10.1 Å². The second kappa shape index (κ2) is 7.62. The summed E-state index contributed by atoms with van der Waals surface area (Å²) in [5.41, 5.74) is 1.59. The van der Waals surface area contributed by atoms with Crippen molar-refractivity contribution in [3.8, 4) is 0 Å². The highest BCUT2D eigenvalue weighted by Gasteiger charge is 2.36. The summed E-state index contributed by atoms with van der Waals surface area (Å²) in [5, 5.41) is 11.5. The molecule has 3 aromatic rings. The molecule has 152 valence electrons. The maximum atomic E-state index is 13.0. The predicted octanol–water partition coefficient (Wildman–Crippen LogP) is 5.62. The van der Waals surface area contributed by atoms with Crippen molar-refractivity contribution in [3.05, 3.63) is 106 Å². The van der Waals surface area contributed by atoms with Crippen LogP contribution in [0.4, 0.5) is 24.5 Å². The van der Waals surface area contributed by atoms with E-state index in [-0.39, 0.29) is 6.54 Å². The van der Waals surface area contributed by atoms with E-state index in [1.807, 2.05) is 6.07 Å². The zero-order valence-electron chi connectivity index (χ0n) is 15.6. The van der Waals surface area contributed by atoms with E-state index in [1.54, 1.807) is 53.4 Å². The summed E-state index contributed by atoms with van der Waals surface area (Å²) in [6.07, 6.45) is -4.45. The molecule has 5 nitrogen and oxygen atoms in total. The minimum Gasteiger partial charge on any atom is -0.312 e. The second-order valence-corrected chi connectivity index (χ2v) is 6.81. The molecule has 0 amide bonds. The third-order valence-electron chi connectivity index (χ3n) is 4.89. The van der Waals surface area contributed by atoms with Crippen molar-refractivity contribution in [3.63, 3.8) is 0 Å². The Morgan fingerprint density at radius 3 is 2.20 bits per heavy atom. The number of aliphatic imine (C=N–C) groups is 1. The third kappa shape index (κ3) is 3.76. The average Bonchev–Trinajstić information content (AvgIpc) is 2.73. The quantitative estimate of drug-likeness (QED) is 0.413. The van der Waals surface area contributed by atoms with Crippen LogP contribution in [0.2, 0.25) is 0 Å². The highest BCUT2D eigenvalue weighted by Crippen LogP contribution is 2.39. The summed E-state index contributed by atoms with van der Waals surface area (Å²) in [4.78, 5) is 17.4. The van der Waals surface area contributed by atoms with Gasteiger partial charge in [-0.2, -0.15) is 13.2 Å². The van der Waals surface area contributed by atoms with Gasteiger partial charge in [0.05, 0.1) is 11.3 Å². The number of hydrogen-bond acceptors (Lipinski definition) is 4. The minimum absolute atomic E-state index is 0.362. The lowest BCUT2D eigenvalue weighted by Gasteiger charge is -2.36. The number of amidine groups is 1. The maximum Gasteiger partial charge on any atom is 0.416 e. The first-order valence-electron chi connectivity index (χ1n) is 9.16. The lowest BCUT2D eigenvalue weighted by molar-refractivity contribution is -0.483. The molecule has 1 aliphatic rings. The summed E-state index contributed by atoms with van der Waals surface area (Å²) in [7, 11) is 0. The third-order valence-corrected chi connectivity index (χ3v) is 4.89. The van der Waals surface area contributed by atoms with Gasteiger partial charge in [0, 0.05) is 21.7 Å². The molecule has 3 aromatic carbocycles. The van der Waals surface area contributed by atoms with Crippen molar-refractivity contribution in [2.24, 2.45) is 4.99 Å². The molecular weight excluding hydrogens is 395 g/mol. The molecule has 0 aromatic heterocycles. The van der Waals surface area contributed by atoms with Crippen molar-refractivity contribution < 1.29 is 18.1 Å². The van der Waals surface area contributed by atoms with Crippen molar-refractivity contribution >= 4 is 17.2 Å². The fraction of sp³-hybridized carbons (Fsp3) is 0.136. The van der Waals surface area contributed by atoms with Crippen LogP contribution < -0.4 is 4.90 Å². The van der Waals surface area contributed by atoms with Gasteiger partial charge in [-0.15, -0.1) is 0 Å². The molecule has 0 bridgehead atoms. The number of alkyl halides is 3. The molecule has 1 heterocycles. The van der Waals surface area contributed by atoms with Gasteiger partial charge in [0.1, 0.15) is 11.9 Å². The largest absolute Gasteiger partial charge is 0.416 e. The average molecular weight is 411 g/mol. The van der Waals surface area contributed by atoms with Gasteiger partial charge in [0.2, 0.25) is 6.54 Å². The standard InChI is InChI=1S/C22H16F3N3O2/c23-22(24,25)16-12-10-15(11-13-16)21-26-19-9-5-4-8-18(19)20(14-27(29)30)28(21)17-6-2-1-3-7-17/h1-13,20H,14H2. The van der Waals surface area contributed by atoms with Gasteiger partial charge >= 0.3 is 6.18 Å². The summed E-state index contributed by atoms with van der Waals surface area (Å²) < 4.78 is 39.0. The normalized spacial score (nSPS) is 16.0. The van der Waals surface area contributed by atoms with Crippen molar-refractivity contribution in [2.75, 3.05) is 11.4 Å². The van der Waals surface area contributed by atoms with Crippen molar-refractivity contribution in [2.45, 2.75) is 12.2 Å². The number of para-hydroxylation sites is 2. The Kier molecular flexibility index (Phi) is 4.99. The van der Waals surface area contributed by atoms with Crippen LogP contribution >= 0.6 is 0 Å². The molecule has 8 heteroatoms. The molecule has 30 heavy (non-hydrogen) atoms. The van der Waals surface area contributed by atoms with E-state index < -0.39 is 22.7 Å². The summed E-state index contributed by atoms with van der Waals surface area (Å²) in [6.45, 7) is -0.383. The Morgan fingerprint density at radius 2 is 1.57 bits per heavy atom. The number of anilines is 1. The van der Waals surface area contributed by atoms with E-state index in [4.69, 9.17) is 0 Å². The molecule has 0 spiro atoms. The maximum absolute atomic E-state index is 13.0.